The molecule has 0 bridgehead atoms. The molecule has 0 fully saturated rings. The Balaban J connectivity index is 3.14. The molecule has 0 saturated heterocycles. The lowest BCUT2D eigenvalue weighted by Crippen LogP contribution is -2.62. The molecule has 1 aromatic rings. The second-order valence-corrected chi connectivity index (χ2v) is 5.00. The third-order valence-electron chi connectivity index (χ3n) is 2.98. The van der Waals surface area contributed by atoms with Crippen LogP contribution in [0.15, 0.2) is 18.2 Å². The molecule has 23 heavy (non-hydrogen) atoms. The van der Waals surface area contributed by atoms with E-state index >= 15 is 0 Å². The van der Waals surface area contributed by atoms with Crippen LogP contribution >= 0.6 is 11.6 Å². The number of nitrogens with one attached hydrogen (secondary N) is 1. The van der Waals surface area contributed by atoms with Gasteiger partial charge in [-0.15, -0.1) is 11.6 Å². The van der Waals surface area contributed by atoms with E-state index in [0.29, 0.717) is 12.7 Å². The summed E-state index contributed by atoms with van der Waals surface area (Å²) in [6, 6.07) is 3.19. The minimum atomic E-state index is -5.57. The molecular formula is C13H12ClF4NO4. The van der Waals surface area contributed by atoms with Gasteiger partial charge in [0.1, 0.15) is 5.82 Å². The predicted octanol–water partition coefficient (Wildman–Crippen LogP) is 2.15. The molecule has 0 heterocycles. The van der Waals surface area contributed by atoms with Crippen molar-refractivity contribution in [3.05, 3.63) is 29.6 Å². The number of benzene rings is 1. The fourth-order valence-electron chi connectivity index (χ4n) is 1.63. The molecule has 0 aliphatic heterocycles. The lowest BCUT2D eigenvalue weighted by molar-refractivity contribution is -0.260. The summed E-state index contributed by atoms with van der Waals surface area (Å²) < 4.78 is 55.9. The Kier molecular flexibility index (Phi) is 5.60. The summed E-state index contributed by atoms with van der Waals surface area (Å²) >= 11 is 5.36. The monoisotopic (exact) mass is 357 g/mol. The number of esters is 1. The first-order valence-electron chi connectivity index (χ1n) is 6.03. The van der Waals surface area contributed by atoms with Gasteiger partial charge in [0.15, 0.2) is 5.38 Å². The number of methoxy groups -OCH3 is 1. The Labute approximate surface area is 133 Å². The van der Waals surface area contributed by atoms with Gasteiger partial charge in [-0.3, -0.25) is 4.79 Å². The molecule has 0 aliphatic rings. The minimum Gasteiger partial charge on any atom is -0.467 e. The molecule has 1 amide bonds. The zero-order chi connectivity index (χ0) is 18.0. The Morgan fingerprint density at radius 2 is 1.91 bits per heavy atom. The molecule has 0 aromatic heterocycles. The minimum absolute atomic E-state index is 0.157. The number of alkyl halides is 4. The number of aryl methyl sites for hydroxylation is 1. The fraction of sp³-hybridized carbons (Fsp3) is 0.385. The van der Waals surface area contributed by atoms with Gasteiger partial charge in [0.25, 0.3) is 5.60 Å². The summed E-state index contributed by atoms with van der Waals surface area (Å²) in [5.41, 5.74) is -4.08. The zero-order valence-electron chi connectivity index (χ0n) is 11.9. The average molecular weight is 358 g/mol. The highest BCUT2D eigenvalue weighted by Gasteiger charge is 2.67. The third-order valence-corrected chi connectivity index (χ3v) is 3.50. The van der Waals surface area contributed by atoms with E-state index < -0.39 is 34.8 Å². The van der Waals surface area contributed by atoms with Crippen LogP contribution in [0.1, 0.15) is 5.56 Å². The molecule has 0 saturated carbocycles. The first-order chi connectivity index (χ1) is 10.4. The molecule has 1 aromatic carbocycles. The maximum absolute atomic E-state index is 13.1. The molecule has 128 valence electrons. The number of aliphatic hydroxyl groups is 1. The van der Waals surface area contributed by atoms with E-state index in [-0.39, 0.29) is 5.69 Å². The van der Waals surface area contributed by atoms with Crippen LogP contribution in [0.25, 0.3) is 0 Å². The third kappa shape index (κ3) is 3.73. The number of carbonyl (C=O) groups excluding carboxylic acids is 2. The normalized spacial score (nSPS) is 15.5. The number of amides is 1. The molecule has 2 N–H and O–H groups in total. The van der Waals surface area contributed by atoms with E-state index in [1.165, 1.54) is 13.0 Å². The lowest BCUT2D eigenvalue weighted by Gasteiger charge is -2.30. The van der Waals surface area contributed by atoms with E-state index in [9.17, 15) is 32.3 Å². The van der Waals surface area contributed by atoms with Crippen LogP contribution in [0.4, 0.5) is 23.2 Å². The summed E-state index contributed by atoms with van der Waals surface area (Å²) in [7, 11) is 0.595. The summed E-state index contributed by atoms with van der Waals surface area (Å²) in [5, 5.41) is 8.77. The van der Waals surface area contributed by atoms with Crippen molar-refractivity contribution in [2.24, 2.45) is 0 Å². The van der Waals surface area contributed by atoms with Gasteiger partial charge in [0, 0.05) is 5.69 Å². The first-order valence-corrected chi connectivity index (χ1v) is 6.47. The van der Waals surface area contributed by atoms with Crippen molar-refractivity contribution in [3.63, 3.8) is 0 Å². The van der Waals surface area contributed by atoms with Gasteiger partial charge in [-0.05, 0) is 24.6 Å². The number of hydrogen-bond acceptors (Lipinski definition) is 4. The Morgan fingerprint density at radius 3 is 2.39 bits per heavy atom. The number of hydrogen-bond donors (Lipinski definition) is 2. The summed E-state index contributed by atoms with van der Waals surface area (Å²) in [5.74, 6) is -4.45. The van der Waals surface area contributed by atoms with Gasteiger partial charge < -0.3 is 15.2 Å². The highest BCUT2D eigenvalue weighted by molar-refractivity contribution is 6.35. The SMILES string of the molecule is COC(=O)[C@](O)([C@H](Cl)C(=O)Nc1cc(F)ccc1C)C(F)(F)F. The van der Waals surface area contributed by atoms with Crippen LogP contribution in [-0.2, 0) is 14.3 Å². The second-order valence-electron chi connectivity index (χ2n) is 4.57. The van der Waals surface area contributed by atoms with Gasteiger partial charge in [0.2, 0.25) is 5.91 Å². The van der Waals surface area contributed by atoms with E-state index in [2.05, 4.69) is 4.74 Å². The van der Waals surface area contributed by atoms with Crippen molar-refractivity contribution in [2.45, 2.75) is 24.1 Å². The van der Waals surface area contributed by atoms with Crippen LogP contribution < -0.4 is 5.32 Å². The van der Waals surface area contributed by atoms with Crippen LogP contribution in [0, 0.1) is 12.7 Å². The first kappa shape index (κ1) is 19.2. The van der Waals surface area contributed by atoms with Crippen molar-refractivity contribution >= 4 is 29.2 Å². The molecule has 0 unspecified atom stereocenters. The van der Waals surface area contributed by atoms with E-state index in [1.54, 1.807) is 0 Å². The summed E-state index contributed by atoms with van der Waals surface area (Å²) in [6.45, 7) is 1.45. The molecule has 2 atom stereocenters. The maximum Gasteiger partial charge on any atom is 0.430 e. The van der Waals surface area contributed by atoms with Crippen LogP contribution in [-0.4, -0.2) is 41.2 Å². The van der Waals surface area contributed by atoms with Gasteiger partial charge >= 0.3 is 12.1 Å². The zero-order valence-corrected chi connectivity index (χ0v) is 12.6. The van der Waals surface area contributed by atoms with Gasteiger partial charge in [-0.25, -0.2) is 9.18 Å². The number of carbonyl (C=O) groups is 2. The molecule has 5 nitrogen and oxygen atoms in total. The Bertz CT molecular complexity index is 622. The molecule has 1 rings (SSSR count). The van der Waals surface area contributed by atoms with E-state index in [4.69, 9.17) is 11.6 Å². The lowest BCUT2D eigenvalue weighted by atomic mass is 9.97. The topological polar surface area (TPSA) is 75.6 Å². The van der Waals surface area contributed by atoms with Gasteiger partial charge in [0.05, 0.1) is 7.11 Å². The largest absolute Gasteiger partial charge is 0.467 e. The highest BCUT2D eigenvalue weighted by atomic mass is 35.5. The molecular weight excluding hydrogens is 346 g/mol. The van der Waals surface area contributed by atoms with E-state index in [0.717, 1.165) is 12.1 Å². The highest BCUT2D eigenvalue weighted by Crippen LogP contribution is 2.37. The number of ether oxygens (including phenoxy) is 1. The standard InChI is InChI=1S/C13H12ClF4NO4/c1-6-3-4-7(15)5-8(6)19-10(20)9(14)12(22,11(21)23-2)13(16,17)18/h3-5,9,22H,1-2H3,(H,19,20)/t9-,12-/m1/s1. The number of halogens is 5. The maximum atomic E-state index is 13.1. The van der Waals surface area contributed by atoms with Gasteiger partial charge in [-0.2, -0.15) is 13.2 Å². The quantitative estimate of drug-likeness (QED) is 0.492. The van der Waals surface area contributed by atoms with Gasteiger partial charge in [-0.1, -0.05) is 6.07 Å². The Morgan fingerprint density at radius 1 is 1.35 bits per heavy atom. The Hall–Kier alpha value is -1.87. The van der Waals surface area contributed by atoms with Crippen molar-refractivity contribution in [3.8, 4) is 0 Å². The smallest absolute Gasteiger partial charge is 0.430 e. The number of rotatable bonds is 4. The van der Waals surface area contributed by atoms with Crippen molar-refractivity contribution in [2.75, 3.05) is 12.4 Å². The molecule has 10 heteroatoms. The number of anilines is 1. The summed E-state index contributed by atoms with van der Waals surface area (Å²) in [6.07, 6.45) is -5.57. The van der Waals surface area contributed by atoms with Crippen LogP contribution in [0.5, 0.6) is 0 Å². The average Bonchev–Trinajstić information content (AvgIpc) is 2.47. The fourth-order valence-corrected chi connectivity index (χ4v) is 1.90. The van der Waals surface area contributed by atoms with Crippen LogP contribution in [0.3, 0.4) is 0 Å². The van der Waals surface area contributed by atoms with Crippen LogP contribution in [0.2, 0.25) is 0 Å². The summed E-state index contributed by atoms with van der Waals surface area (Å²) in [4.78, 5) is 23.1. The van der Waals surface area contributed by atoms with Crippen molar-refractivity contribution in [1.82, 2.24) is 0 Å². The van der Waals surface area contributed by atoms with Crippen molar-refractivity contribution in [1.29, 1.82) is 0 Å². The second kappa shape index (κ2) is 6.71. The molecule has 0 aliphatic carbocycles. The molecule has 0 spiro atoms. The molecule has 0 radical (unpaired) electrons. The van der Waals surface area contributed by atoms with Crippen molar-refractivity contribution < 1.29 is 37.0 Å². The van der Waals surface area contributed by atoms with E-state index in [1.807, 2.05) is 5.32 Å². The predicted molar refractivity (Wildman–Crippen MR) is 72.4 cm³/mol.